The highest BCUT2D eigenvalue weighted by Gasteiger charge is 2.21. The van der Waals surface area contributed by atoms with Gasteiger partial charge in [-0.3, -0.25) is 19.6 Å². The molecule has 11 heteroatoms. The number of aryl methyl sites for hydroxylation is 3. The maximum Gasteiger partial charge on any atom is 0.276 e. The molecule has 1 atom stereocenters. The lowest BCUT2D eigenvalue weighted by atomic mass is 10.1. The van der Waals surface area contributed by atoms with E-state index in [0.29, 0.717) is 60.3 Å². The van der Waals surface area contributed by atoms with E-state index in [1.807, 2.05) is 25.3 Å². The number of ether oxygens (including phenoxy) is 1. The number of carbonyl (C=O) groups excluding carboxylic acids is 2. The number of nitrogens with zero attached hydrogens (tertiary/aromatic N) is 4. The number of benzene rings is 1. The number of primary amides is 1. The zero-order chi connectivity index (χ0) is 24.1. The average Bonchev–Trinajstić information content (AvgIpc) is 3.31. The number of amides is 2. The molecule has 1 unspecified atom stereocenters. The molecule has 2 heterocycles. The molecule has 2 amide bonds. The van der Waals surface area contributed by atoms with Crippen LogP contribution < -0.4 is 15.8 Å². The van der Waals surface area contributed by atoms with Crippen molar-refractivity contribution < 1.29 is 18.9 Å². The first kappa shape index (κ1) is 24.6. The van der Waals surface area contributed by atoms with Crippen LogP contribution in [0.2, 0.25) is 0 Å². The number of nitrogens with two attached hydrogens (primary N) is 1. The minimum absolute atomic E-state index is 0.260. The summed E-state index contributed by atoms with van der Waals surface area (Å²) in [5.41, 5.74) is 8.11. The van der Waals surface area contributed by atoms with E-state index in [1.54, 1.807) is 29.1 Å². The van der Waals surface area contributed by atoms with Crippen molar-refractivity contribution in [2.45, 2.75) is 46.7 Å². The van der Waals surface area contributed by atoms with Crippen molar-refractivity contribution >= 4 is 40.0 Å². The predicted molar refractivity (Wildman–Crippen MR) is 128 cm³/mol. The molecule has 3 aromatic rings. The third-order valence-corrected chi connectivity index (χ3v) is 5.90. The summed E-state index contributed by atoms with van der Waals surface area (Å²) in [5.74, 6) is 0.375. The van der Waals surface area contributed by atoms with Gasteiger partial charge in [-0.05, 0) is 38.5 Å². The first-order valence-corrected chi connectivity index (χ1v) is 12.6. The second-order valence-corrected chi connectivity index (χ2v) is 9.27. The fourth-order valence-corrected chi connectivity index (χ4v) is 4.12. The molecule has 0 saturated carbocycles. The first-order valence-electron chi connectivity index (χ1n) is 10.9. The van der Waals surface area contributed by atoms with Gasteiger partial charge in [-0.1, -0.05) is 18.1 Å². The van der Waals surface area contributed by atoms with Crippen molar-refractivity contribution in [1.82, 2.24) is 19.3 Å². The zero-order valence-corrected chi connectivity index (χ0v) is 20.2. The molecule has 0 spiro atoms. The number of imidazole rings is 1. The first-order chi connectivity index (χ1) is 15.7. The van der Waals surface area contributed by atoms with Crippen LogP contribution >= 0.6 is 0 Å². The Hall–Kier alpha value is -3.05. The number of nitrogens with one attached hydrogen (secondary N) is 1. The maximum absolute atomic E-state index is 13.0. The van der Waals surface area contributed by atoms with Gasteiger partial charge in [-0.25, -0.2) is 4.98 Å². The minimum Gasteiger partial charge on any atom is -0.617 e. The molecule has 3 N–H and O–H groups in total. The summed E-state index contributed by atoms with van der Waals surface area (Å²) in [5, 5.41) is 7.22. The molecule has 0 aliphatic rings. The second kappa shape index (κ2) is 10.7. The van der Waals surface area contributed by atoms with Crippen LogP contribution in [-0.2, 0) is 24.3 Å². The summed E-state index contributed by atoms with van der Waals surface area (Å²) in [7, 11) is 0. The van der Waals surface area contributed by atoms with E-state index in [1.165, 1.54) is 0 Å². The molecule has 0 radical (unpaired) electrons. The van der Waals surface area contributed by atoms with Gasteiger partial charge in [0.15, 0.2) is 0 Å². The molecule has 0 fully saturated rings. The van der Waals surface area contributed by atoms with Gasteiger partial charge in [0, 0.05) is 25.1 Å². The molecule has 2 aromatic heterocycles. The van der Waals surface area contributed by atoms with Gasteiger partial charge in [0.1, 0.15) is 22.7 Å². The van der Waals surface area contributed by atoms with E-state index in [4.69, 9.17) is 10.5 Å². The van der Waals surface area contributed by atoms with Crippen LogP contribution in [0, 0.1) is 6.92 Å². The van der Waals surface area contributed by atoms with E-state index in [-0.39, 0.29) is 11.5 Å². The van der Waals surface area contributed by atoms with Gasteiger partial charge in [-0.2, -0.15) is 5.10 Å². The average molecular weight is 475 g/mol. The monoisotopic (exact) mass is 474 g/mol. The minimum atomic E-state index is -0.918. The van der Waals surface area contributed by atoms with Gasteiger partial charge < -0.3 is 19.6 Å². The lowest BCUT2D eigenvalue weighted by Crippen LogP contribution is -2.20. The number of hydrogen-bond donors (Lipinski definition) is 2. The third-order valence-electron chi connectivity index (χ3n) is 5.03. The van der Waals surface area contributed by atoms with Crippen LogP contribution in [0.15, 0.2) is 18.2 Å². The number of anilines is 1. The molecule has 3 rings (SSSR count). The van der Waals surface area contributed by atoms with Crippen molar-refractivity contribution in [3.8, 4) is 5.75 Å². The fraction of sp³-hybridized carbons (Fsp3) is 0.455. The van der Waals surface area contributed by atoms with Gasteiger partial charge >= 0.3 is 0 Å². The Morgan fingerprint density at radius 2 is 2.03 bits per heavy atom. The Bertz CT molecular complexity index is 1150. The molecule has 33 heavy (non-hydrogen) atoms. The van der Waals surface area contributed by atoms with Crippen LogP contribution in [0.25, 0.3) is 11.0 Å². The predicted octanol–water partition coefficient (Wildman–Crippen LogP) is 2.47. The smallest absolute Gasteiger partial charge is 0.276 e. The molecule has 0 aliphatic heterocycles. The number of aromatic nitrogens is 4. The Morgan fingerprint density at radius 1 is 1.27 bits per heavy atom. The number of rotatable bonds is 11. The molecular formula is C22H30N6O4S. The molecular weight excluding hydrogens is 444 g/mol. The lowest BCUT2D eigenvalue weighted by Gasteiger charge is -2.13. The molecule has 0 bridgehead atoms. The summed E-state index contributed by atoms with van der Waals surface area (Å²) < 4.78 is 20.8. The lowest BCUT2D eigenvalue weighted by molar-refractivity contribution is 0.0995. The molecule has 0 aliphatic carbocycles. The van der Waals surface area contributed by atoms with Crippen molar-refractivity contribution in [3.05, 3.63) is 35.2 Å². The topological polar surface area (TPSA) is 140 Å². The van der Waals surface area contributed by atoms with E-state index < -0.39 is 17.1 Å². The Balaban J connectivity index is 2.02. The molecule has 10 nitrogen and oxygen atoms in total. The molecule has 0 saturated heterocycles. The fourth-order valence-electron chi connectivity index (χ4n) is 3.60. The highest BCUT2D eigenvalue weighted by atomic mass is 32.2. The largest absolute Gasteiger partial charge is 0.617 e. The summed E-state index contributed by atoms with van der Waals surface area (Å²) in [6, 6.07) is 4.90. The van der Waals surface area contributed by atoms with E-state index in [9.17, 15) is 14.1 Å². The third kappa shape index (κ3) is 5.66. The number of carbonyl (C=O) groups is 2. The van der Waals surface area contributed by atoms with Gasteiger partial charge in [0.2, 0.25) is 11.9 Å². The summed E-state index contributed by atoms with van der Waals surface area (Å²) in [6.07, 6.45) is 3.02. The summed E-state index contributed by atoms with van der Waals surface area (Å²) in [6.45, 7) is 7.22. The highest BCUT2D eigenvalue weighted by Crippen LogP contribution is 2.31. The number of hydrogen-bond acceptors (Lipinski definition) is 6. The van der Waals surface area contributed by atoms with Crippen LogP contribution in [0.5, 0.6) is 5.75 Å². The second-order valence-electron chi connectivity index (χ2n) is 7.71. The summed E-state index contributed by atoms with van der Waals surface area (Å²) in [4.78, 5) is 29.5. The van der Waals surface area contributed by atoms with E-state index >= 15 is 0 Å². The van der Waals surface area contributed by atoms with Crippen LogP contribution in [0.3, 0.4) is 0 Å². The SMILES string of the molecule is CCCn1c(NC(=O)c2cc(C)nn2CC)nc2cc(C(N)=O)cc(OCCC[S+](C)[O-])c21. The Morgan fingerprint density at radius 3 is 2.67 bits per heavy atom. The van der Waals surface area contributed by atoms with Gasteiger partial charge in [0.05, 0.1) is 24.1 Å². The standard InChI is InChI=1S/C22H30N6O4S/c1-5-8-27-19-16(12-15(20(23)29)13-18(19)32-9-7-10-33(4)31)24-22(27)25-21(30)17-11-14(3)26-28(17)6-2/h11-13H,5-10H2,1-4H3,(H2,23,29)(H,24,25,30). The van der Waals surface area contributed by atoms with E-state index in [0.717, 1.165) is 12.1 Å². The maximum atomic E-state index is 13.0. The van der Waals surface area contributed by atoms with Crippen molar-refractivity contribution in [2.24, 2.45) is 5.73 Å². The quantitative estimate of drug-likeness (QED) is 0.323. The van der Waals surface area contributed by atoms with Crippen LogP contribution in [0.1, 0.15) is 53.2 Å². The van der Waals surface area contributed by atoms with E-state index in [2.05, 4.69) is 15.4 Å². The van der Waals surface area contributed by atoms with Crippen molar-refractivity contribution in [1.29, 1.82) is 0 Å². The zero-order valence-electron chi connectivity index (χ0n) is 19.4. The number of fused-ring (bicyclic) bond motifs is 1. The van der Waals surface area contributed by atoms with Gasteiger partial charge in [0.25, 0.3) is 5.91 Å². The van der Waals surface area contributed by atoms with Gasteiger partial charge in [-0.15, -0.1) is 0 Å². The normalized spacial score (nSPS) is 12.2. The van der Waals surface area contributed by atoms with Crippen LogP contribution in [-0.4, -0.2) is 54.3 Å². The van der Waals surface area contributed by atoms with Crippen molar-refractivity contribution in [2.75, 3.05) is 23.9 Å². The highest BCUT2D eigenvalue weighted by molar-refractivity contribution is 7.90. The summed E-state index contributed by atoms with van der Waals surface area (Å²) >= 11 is -0.918. The van der Waals surface area contributed by atoms with Crippen molar-refractivity contribution in [3.63, 3.8) is 0 Å². The molecule has 178 valence electrons. The Kier molecular flexibility index (Phi) is 7.98. The Labute approximate surface area is 195 Å². The van der Waals surface area contributed by atoms with Crippen LogP contribution in [0.4, 0.5) is 5.95 Å². The molecule has 1 aromatic carbocycles.